The van der Waals surface area contributed by atoms with Gasteiger partial charge in [0.1, 0.15) is 0 Å². The van der Waals surface area contributed by atoms with Gasteiger partial charge in [0, 0.05) is 18.7 Å². The standard InChI is InChI=1S/C18H22N2O/c1-14-4-2-5-16(12-14)10-11-20-18(21)9-8-15-6-3-7-17(19)13-15/h2-7,12-13H,8-11,19H2,1H3,(H,20,21). The molecule has 3 N–H and O–H groups in total. The highest BCUT2D eigenvalue weighted by molar-refractivity contribution is 5.76. The number of hydrogen-bond acceptors (Lipinski definition) is 2. The molecule has 0 aromatic heterocycles. The van der Waals surface area contributed by atoms with Crippen molar-refractivity contribution in [2.75, 3.05) is 12.3 Å². The summed E-state index contributed by atoms with van der Waals surface area (Å²) in [6.45, 7) is 2.76. The number of nitrogens with two attached hydrogens (primary N) is 1. The maximum atomic E-state index is 11.8. The lowest BCUT2D eigenvalue weighted by Crippen LogP contribution is -2.25. The quantitative estimate of drug-likeness (QED) is 0.800. The third-order valence-corrected chi connectivity index (χ3v) is 3.41. The lowest BCUT2D eigenvalue weighted by Gasteiger charge is -2.06. The number of benzene rings is 2. The Balaban J connectivity index is 1.70. The predicted octanol–water partition coefficient (Wildman–Crippen LogP) is 2.87. The molecule has 0 saturated heterocycles. The number of aryl methyl sites for hydroxylation is 2. The highest BCUT2D eigenvalue weighted by Crippen LogP contribution is 2.08. The van der Waals surface area contributed by atoms with Crippen LogP contribution in [0.1, 0.15) is 23.1 Å². The van der Waals surface area contributed by atoms with Crippen LogP contribution >= 0.6 is 0 Å². The van der Waals surface area contributed by atoms with Crippen LogP contribution in [0.5, 0.6) is 0 Å². The van der Waals surface area contributed by atoms with Crippen LogP contribution in [0.4, 0.5) is 5.69 Å². The van der Waals surface area contributed by atoms with Crippen molar-refractivity contribution >= 4 is 11.6 Å². The average Bonchev–Trinajstić information content (AvgIpc) is 2.45. The Hall–Kier alpha value is -2.29. The summed E-state index contributed by atoms with van der Waals surface area (Å²) in [7, 11) is 0. The zero-order chi connectivity index (χ0) is 15.1. The first-order valence-electron chi connectivity index (χ1n) is 7.30. The normalized spacial score (nSPS) is 10.3. The molecule has 0 unspecified atom stereocenters. The number of nitrogen functional groups attached to an aromatic ring is 1. The van der Waals surface area contributed by atoms with Crippen molar-refractivity contribution in [1.29, 1.82) is 0 Å². The zero-order valence-corrected chi connectivity index (χ0v) is 12.4. The summed E-state index contributed by atoms with van der Waals surface area (Å²) in [5.74, 6) is 0.0880. The Kier molecular flexibility index (Phi) is 5.38. The number of hydrogen-bond donors (Lipinski definition) is 2. The predicted molar refractivity (Wildman–Crippen MR) is 87.1 cm³/mol. The zero-order valence-electron chi connectivity index (χ0n) is 12.4. The van der Waals surface area contributed by atoms with Gasteiger partial charge in [0.15, 0.2) is 0 Å². The first-order chi connectivity index (χ1) is 10.1. The number of anilines is 1. The van der Waals surface area contributed by atoms with E-state index in [4.69, 9.17) is 5.73 Å². The Labute approximate surface area is 126 Å². The summed E-state index contributed by atoms with van der Waals surface area (Å²) in [6, 6.07) is 16.0. The third-order valence-electron chi connectivity index (χ3n) is 3.41. The van der Waals surface area contributed by atoms with Crippen molar-refractivity contribution in [2.45, 2.75) is 26.2 Å². The van der Waals surface area contributed by atoms with Crippen LogP contribution < -0.4 is 11.1 Å². The molecular formula is C18H22N2O. The van der Waals surface area contributed by atoms with Crippen LogP contribution in [0, 0.1) is 6.92 Å². The molecule has 0 spiro atoms. The van der Waals surface area contributed by atoms with Gasteiger partial charge < -0.3 is 11.1 Å². The van der Waals surface area contributed by atoms with Gasteiger partial charge in [0.25, 0.3) is 0 Å². The number of carbonyl (C=O) groups excluding carboxylic acids is 1. The van der Waals surface area contributed by atoms with Crippen molar-refractivity contribution in [1.82, 2.24) is 5.32 Å². The molecule has 110 valence electrons. The van der Waals surface area contributed by atoms with Crippen LogP contribution in [0.3, 0.4) is 0 Å². The fourth-order valence-electron chi connectivity index (χ4n) is 2.31. The lowest BCUT2D eigenvalue weighted by atomic mass is 10.1. The van der Waals surface area contributed by atoms with Gasteiger partial charge in [0.05, 0.1) is 0 Å². The van der Waals surface area contributed by atoms with Gasteiger partial charge in [-0.15, -0.1) is 0 Å². The molecule has 0 aliphatic heterocycles. The minimum Gasteiger partial charge on any atom is -0.399 e. The molecular weight excluding hydrogens is 260 g/mol. The van der Waals surface area contributed by atoms with Crippen molar-refractivity contribution in [3.05, 3.63) is 65.2 Å². The first kappa shape index (κ1) is 15.1. The van der Waals surface area contributed by atoms with Gasteiger partial charge in [-0.05, 0) is 43.0 Å². The van der Waals surface area contributed by atoms with Crippen LogP contribution in [-0.4, -0.2) is 12.5 Å². The Morgan fingerprint density at radius 1 is 1.05 bits per heavy atom. The van der Waals surface area contributed by atoms with Crippen molar-refractivity contribution in [2.24, 2.45) is 0 Å². The molecule has 21 heavy (non-hydrogen) atoms. The van der Waals surface area contributed by atoms with E-state index in [9.17, 15) is 4.79 Å². The summed E-state index contributed by atoms with van der Waals surface area (Å²) in [5, 5.41) is 2.97. The largest absolute Gasteiger partial charge is 0.399 e. The highest BCUT2D eigenvalue weighted by atomic mass is 16.1. The third kappa shape index (κ3) is 5.30. The minimum absolute atomic E-state index is 0.0880. The highest BCUT2D eigenvalue weighted by Gasteiger charge is 2.02. The molecule has 0 aliphatic rings. The van der Waals surface area contributed by atoms with E-state index in [0.29, 0.717) is 13.0 Å². The van der Waals surface area contributed by atoms with Gasteiger partial charge in [-0.3, -0.25) is 4.79 Å². The molecule has 3 nitrogen and oxygen atoms in total. The van der Waals surface area contributed by atoms with E-state index in [-0.39, 0.29) is 5.91 Å². The van der Waals surface area contributed by atoms with Gasteiger partial charge in [0.2, 0.25) is 5.91 Å². The molecule has 0 heterocycles. The second kappa shape index (κ2) is 7.48. The molecule has 0 fully saturated rings. The molecule has 2 rings (SSSR count). The topological polar surface area (TPSA) is 55.1 Å². The molecule has 0 aliphatic carbocycles. The van der Waals surface area contributed by atoms with E-state index in [1.807, 2.05) is 30.3 Å². The summed E-state index contributed by atoms with van der Waals surface area (Å²) < 4.78 is 0. The van der Waals surface area contributed by atoms with E-state index < -0.39 is 0 Å². The maximum absolute atomic E-state index is 11.8. The Bertz CT molecular complexity index is 608. The van der Waals surface area contributed by atoms with Crippen LogP contribution in [-0.2, 0) is 17.6 Å². The van der Waals surface area contributed by atoms with E-state index in [0.717, 1.165) is 24.1 Å². The van der Waals surface area contributed by atoms with E-state index in [1.54, 1.807) is 0 Å². The molecule has 0 atom stereocenters. The molecule has 3 heteroatoms. The number of nitrogens with one attached hydrogen (secondary N) is 1. The minimum atomic E-state index is 0.0880. The SMILES string of the molecule is Cc1cccc(CCNC(=O)CCc2cccc(N)c2)c1. The smallest absolute Gasteiger partial charge is 0.220 e. The number of amides is 1. The molecule has 2 aromatic rings. The number of carbonyl (C=O) groups is 1. The van der Waals surface area contributed by atoms with Gasteiger partial charge >= 0.3 is 0 Å². The summed E-state index contributed by atoms with van der Waals surface area (Å²) in [5.41, 5.74) is 10.1. The van der Waals surface area contributed by atoms with Crippen LogP contribution in [0.2, 0.25) is 0 Å². The van der Waals surface area contributed by atoms with Crippen molar-refractivity contribution in [3.63, 3.8) is 0 Å². The van der Waals surface area contributed by atoms with E-state index in [2.05, 4.69) is 30.4 Å². The van der Waals surface area contributed by atoms with Crippen LogP contribution in [0.15, 0.2) is 48.5 Å². The van der Waals surface area contributed by atoms with Gasteiger partial charge in [-0.1, -0.05) is 42.0 Å². The molecule has 0 saturated carbocycles. The second-order valence-corrected chi connectivity index (χ2v) is 5.33. The number of rotatable bonds is 6. The molecule has 1 amide bonds. The van der Waals surface area contributed by atoms with Crippen molar-refractivity contribution in [3.8, 4) is 0 Å². The van der Waals surface area contributed by atoms with E-state index in [1.165, 1.54) is 11.1 Å². The van der Waals surface area contributed by atoms with E-state index >= 15 is 0 Å². The summed E-state index contributed by atoms with van der Waals surface area (Å²) in [4.78, 5) is 11.8. The van der Waals surface area contributed by atoms with Gasteiger partial charge in [-0.2, -0.15) is 0 Å². The van der Waals surface area contributed by atoms with Gasteiger partial charge in [-0.25, -0.2) is 0 Å². The van der Waals surface area contributed by atoms with Crippen LogP contribution in [0.25, 0.3) is 0 Å². The second-order valence-electron chi connectivity index (χ2n) is 5.33. The summed E-state index contributed by atoms with van der Waals surface area (Å²) >= 11 is 0. The fraction of sp³-hybridized carbons (Fsp3) is 0.278. The average molecular weight is 282 g/mol. The first-order valence-corrected chi connectivity index (χ1v) is 7.30. The summed E-state index contributed by atoms with van der Waals surface area (Å²) in [6.07, 6.45) is 2.09. The molecule has 0 bridgehead atoms. The molecule has 2 aromatic carbocycles. The molecule has 0 radical (unpaired) electrons. The Morgan fingerprint density at radius 2 is 1.76 bits per heavy atom. The van der Waals surface area contributed by atoms with Crippen molar-refractivity contribution < 1.29 is 4.79 Å². The maximum Gasteiger partial charge on any atom is 0.220 e. The fourth-order valence-corrected chi connectivity index (χ4v) is 2.31. The monoisotopic (exact) mass is 282 g/mol. The Morgan fingerprint density at radius 3 is 2.48 bits per heavy atom. The lowest BCUT2D eigenvalue weighted by molar-refractivity contribution is -0.121.